The zero-order valence-electron chi connectivity index (χ0n) is 11.9. The molecule has 1 N–H and O–H groups in total. The predicted molar refractivity (Wildman–Crippen MR) is 81.1 cm³/mol. The van der Waals surface area contributed by atoms with E-state index in [0.29, 0.717) is 27.0 Å². The number of amides is 1. The lowest BCUT2D eigenvalue weighted by atomic mass is 9.78. The molecule has 8 heteroatoms. The van der Waals surface area contributed by atoms with Crippen LogP contribution in [-0.2, 0) is 6.42 Å². The highest BCUT2D eigenvalue weighted by molar-refractivity contribution is 7.18. The summed E-state index contributed by atoms with van der Waals surface area (Å²) in [5.41, 5.74) is 1.31. The second-order valence-electron chi connectivity index (χ2n) is 5.88. The fourth-order valence-electron chi connectivity index (χ4n) is 2.37. The fourth-order valence-corrected chi connectivity index (χ4v) is 3.83. The van der Waals surface area contributed by atoms with Crippen molar-refractivity contribution in [3.05, 3.63) is 21.1 Å². The van der Waals surface area contributed by atoms with Crippen LogP contribution in [0, 0.1) is 12.3 Å². The summed E-state index contributed by atoms with van der Waals surface area (Å²) in [6.07, 6.45) is 1.27. The van der Waals surface area contributed by atoms with Crippen molar-refractivity contribution < 1.29 is 9.59 Å². The number of carbonyl (C=O) groups is 2. The van der Waals surface area contributed by atoms with Crippen LogP contribution < -0.4 is 5.32 Å². The van der Waals surface area contributed by atoms with Crippen LogP contribution in [0.25, 0.3) is 0 Å². The van der Waals surface area contributed by atoms with Crippen molar-refractivity contribution in [3.8, 4) is 0 Å². The van der Waals surface area contributed by atoms with E-state index in [9.17, 15) is 9.59 Å². The summed E-state index contributed by atoms with van der Waals surface area (Å²) in [5.74, 6) is -0.171. The fraction of sp³-hybridized carbons (Fsp3) is 0.462. The molecule has 110 valence electrons. The maximum atomic E-state index is 12.1. The van der Waals surface area contributed by atoms with Crippen molar-refractivity contribution in [2.75, 3.05) is 5.32 Å². The highest BCUT2D eigenvalue weighted by Crippen LogP contribution is 2.38. The van der Waals surface area contributed by atoms with Crippen molar-refractivity contribution >= 4 is 39.7 Å². The van der Waals surface area contributed by atoms with Crippen molar-refractivity contribution in [3.63, 3.8) is 0 Å². The number of thiazole rings is 1. The number of nitrogens with one attached hydrogen (secondary N) is 1. The molecule has 3 rings (SSSR count). The van der Waals surface area contributed by atoms with Crippen LogP contribution >= 0.6 is 22.9 Å². The SMILES string of the molecule is Cc1nnsc1C(=O)Nc1nc2c(s1)C(=O)CC(C)(C)C2. The van der Waals surface area contributed by atoms with Gasteiger partial charge in [-0.25, -0.2) is 4.98 Å². The number of ketones is 1. The Balaban J connectivity index is 1.84. The molecule has 0 fully saturated rings. The van der Waals surface area contributed by atoms with Gasteiger partial charge < -0.3 is 0 Å². The molecule has 2 heterocycles. The summed E-state index contributed by atoms with van der Waals surface area (Å²) in [6.45, 7) is 5.84. The van der Waals surface area contributed by atoms with Gasteiger partial charge in [0.25, 0.3) is 5.91 Å². The van der Waals surface area contributed by atoms with Gasteiger partial charge in [-0.1, -0.05) is 29.7 Å². The van der Waals surface area contributed by atoms with E-state index in [2.05, 4.69) is 33.7 Å². The molecule has 0 unspecified atom stereocenters. The van der Waals surface area contributed by atoms with Gasteiger partial charge in [-0.05, 0) is 30.3 Å². The van der Waals surface area contributed by atoms with Crippen LogP contribution in [-0.4, -0.2) is 26.3 Å². The predicted octanol–water partition coefficient (Wildman–Crippen LogP) is 2.71. The number of hydrogen-bond donors (Lipinski definition) is 1. The molecule has 2 aromatic rings. The normalized spacial score (nSPS) is 16.6. The molecule has 0 saturated carbocycles. The maximum absolute atomic E-state index is 12.1. The van der Waals surface area contributed by atoms with Gasteiger partial charge >= 0.3 is 0 Å². The number of hydrogen-bond acceptors (Lipinski definition) is 7. The van der Waals surface area contributed by atoms with Crippen molar-refractivity contribution in [1.82, 2.24) is 14.6 Å². The van der Waals surface area contributed by atoms with Gasteiger partial charge in [0.1, 0.15) is 4.88 Å². The summed E-state index contributed by atoms with van der Waals surface area (Å²) in [5, 5.41) is 7.01. The summed E-state index contributed by atoms with van der Waals surface area (Å²) in [6, 6.07) is 0. The summed E-state index contributed by atoms with van der Waals surface area (Å²) in [7, 11) is 0. The minimum Gasteiger partial charge on any atom is -0.297 e. The lowest BCUT2D eigenvalue weighted by Crippen LogP contribution is -2.26. The third-order valence-electron chi connectivity index (χ3n) is 3.31. The van der Waals surface area contributed by atoms with E-state index in [0.717, 1.165) is 23.6 Å². The van der Waals surface area contributed by atoms with E-state index in [1.807, 2.05) is 0 Å². The Morgan fingerprint density at radius 3 is 2.76 bits per heavy atom. The van der Waals surface area contributed by atoms with Crippen LogP contribution in [0.5, 0.6) is 0 Å². The number of nitrogens with zero attached hydrogens (tertiary/aromatic N) is 3. The first-order valence-electron chi connectivity index (χ1n) is 6.49. The molecule has 0 spiro atoms. The average Bonchev–Trinajstić information content (AvgIpc) is 2.93. The van der Waals surface area contributed by atoms with Crippen LogP contribution in [0.3, 0.4) is 0 Å². The summed E-state index contributed by atoms with van der Waals surface area (Å²) < 4.78 is 3.74. The van der Waals surface area contributed by atoms with Gasteiger partial charge in [0.15, 0.2) is 10.9 Å². The van der Waals surface area contributed by atoms with Gasteiger partial charge in [0.2, 0.25) is 0 Å². The Kier molecular flexibility index (Phi) is 3.37. The first-order chi connectivity index (χ1) is 9.85. The van der Waals surface area contributed by atoms with E-state index in [4.69, 9.17) is 0 Å². The first-order valence-corrected chi connectivity index (χ1v) is 8.08. The molecule has 0 atom stereocenters. The molecular formula is C13H14N4O2S2. The largest absolute Gasteiger partial charge is 0.297 e. The zero-order valence-corrected chi connectivity index (χ0v) is 13.5. The summed E-state index contributed by atoms with van der Waals surface area (Å²) >= 11 is 2.30. The third kappa shape index (κ3) is 2.73. The lowest BCUT2D eigenvalue weighted by molar-refractivity contribution is 0.0915. The molecule has 1 amide bonds. The van der Waals surface area contributed by atoms with Crippen LogP contribution in [0.2, 0.25) is 0 Å². The topological polar surface area (TPSA) is 84.8 Å². The second-order valence-corrected chi connectivity index (χ2v) is 7.63. The van der Waals surface area contributed by atoms with Crippen molar-refractivity contribution in [2.24, 2.45) is 5.41 Å². The van der Waals surface area contributed by atoms with E-state index < -0.39 is 0 Å². The number of aryl methyl sites for hydroxylation is 1. The number of Topliss-reactive ketones (excluding diaryl/α,β-unsaturated/α-hetero) is 1. The molecule has 2 aromatic heterocycles. The Morgan fingerprint density at radius 1 is 1.33 bits per heavy atom. The molecule has 1 aliphatic carbocycles. The number of rotatable bonds is 2. The highest BCUT2D eigenvalue weighted by atomic mass is 32.1. The molecule has 1 aliphatic rings. The van der Waals surface area contributed by atoms with Gasteiger partial charge in [-0.3, -0.25) is 14.9 Å². The maximum Gasteiger partial charge on any atom is 0.271 e. The van der Waals surface area contributed by atoms with Crippen LogP contribution in [0.4, 0.5) is 5.13 Å². The Hall–Kier alpha value is -1.67. The monoisotopic (exact) mass is 322 g/mol. The molecule has 0 bridgehead atoms. The molecule has 0 saturated heterocycles. The smallest absolute Gasteiger partial charge is 0.271 e. The average molecular weight is 322 g/mol. The lowest BCUT2D eigenvalue weighted by Gasteiger charge is -2.26. The molecule has 0 aliphatic heterocycles. The number of fused-ring (bicyclic) bond motifs is 1. The minimum absolute atomic E-state index is 0.0718. The highest BCUT2D eigenvalue weighted by Gasteiger charge is 2.34. The second kappa shape index (κ2) is 4.96. The molecule has 6 nitrogen and oxygen atoms in total. The van der Waals surface area contributed by atoms with E-state index >= 15 is 0 Å². The molecule has 0 radical (unpaired) electrons. The van der Waals surface area contributed by atoms with E-state index in [-0.39, 0.29) is 17.1 Å². The Morgan fingerprint density at radius 2 is 2.10 bits per heavy atom. The van der Waals surface area contributed by atoms with Crippen LogP contribution in [0.15, 0.2) is 0 Å². The van der Waals surface area contributed by atoms with Crippen LogP contribution in [0.1, 0.15) is 51.0 Å². The number of carbonyl (C=O) groups excluding carboxylic acids is 2. The van der Waals surface area contributed by atoms with Gasteiger partial charge in [-0.15, -0.1) is 5.10 Å². The molecule has 21 heavy (non-hydrogen) atoms. The number of aromatic nitrogens is 3. The van der Waals surface area contributed by atoms with Crippen molar-refractivity contribution in [1.29, 1.82) is 0 Å². The quantitative estimate of drug-likeness (QED) is 0.919. The summed E-state index contributed by atoms with van der Waals surface area (Å²) in [4.78, 5) is 29.8. The zero-order chi connectivity index (χ0) is 15.2. The first kappa shape index (κ1) is 14.3. The van der Waals surface area contributed by atoms with Gasteiger partial charge in [0, 0.05) is 6.42 Å². The minimum atomic E-state index is -0.277. The molecule has 0 aromatic carbocycles. The van der Waals surface area contributed by atoms with E-state index in [1.54, 1.807) is 6.92 Å². The van der Waals surface area contributed by atoms with Gasteiger partial charge in [-0.2, -0.15) is 0 Å². The number of anilines is 1. The van der Waals surface area contributed by atoms with E-state index in [1.165, 1.54) is 11.3 Å². The van der Waals surface area contributed by atoms with Gasteiger partial charge in [0.05, 0.1) is 16.3 Å². The Labute approximate surface area is 129 Å². The Bertz CT molecular complexity index is 732. The standard InChI is InChI=1S/C13H14N4O2S2/c1-6-9(21-17-16-6)11(19)15-12-14-7-4-13(2,3)5-8(18)10(7)20-12/h4-5H2,1-3H3,(H,14,15,19). The van der Waals surface area contributed by atoms with Crippen molar-refractivity contribution in [2.45, 2.75) is 33.6 Å². The third-order valence-corrected chi connectivity index (χ3v) is 5.19. The molecular weight excluding hydrogens is 308 g/mol.